The summed E-state index contributed by atoms with van der Waals surface area (Å²) in [4.78, 5) is 27.4. The third-order valence-corrected chi connectivity index (χ3v) is 9.04. The second-order valence-electron chi connectivity index (χ2n) is 11.2. The first kappa shape index (κ1) is 32.5. The molecular formula is C32H29Cl3F2N6O2. The lowest BCUT2D eigenvalue weighted by molar-refractivity contribution is -0.129. The molecule has 234 valence electrons. The molecule has 1 saturated heterocycles. The zero-order chi connectivity index (χ0) is 32.9. The maximum atomic E-state index is 15.5. The number of piperazine rings is 1. The molecule has 2 aromatic heterocycles. The number of phenolic OH excluding ortho intramolecular Hbond substituents is 1. The number of carbonyl (C=O) groups excluding carboxylic acids is 1. The molecule has 0 unspecified atom stereocenters. The molecule has 2 aliphatic rings. The van der Waals surface area contributed by atoms with Crippen molar-refractivity contribution in [2.45, 2.75) is 39.7 Å². The van der Waals surface area contributed by atoms with Crippen LogP contribution in [-0.2, 0) is 4.79 Å². The smallest absolute Gasteiger partial charge is 0.246 e. The molecule has 1 amide bonds. The Balaban J connectivity index is 1.79. The highest BCUT2D eigenvalue weighted by Crippen LogP contribution is 2.49. The monoisotopic (exact) mass is 672 g/mol. The molecule has 0 bridgehead atoms. The van der Waals surface area contributed by atoms with Gasteiger partial charge in [-0.1, -0.05) is 55.2 Å². The lowest BCUT2D eigenvalue weighted by atomic mass is 9.95. The normalized spacial score (nSPS) is 16.6. The van der Waals surface area contributed by atoms with Gasteiger partial charge in [-0.05, 0) is 43.5 Å². The van der Waals surface area contributed by atoms with Crippen LogP contribution in [0.15, 0.2) is 36.6 Å². The standard InChI is InChI=1S/C32H29Cl3F2N6O2/c1-6-21(44)42-10-9-41(13-17(42)5)30-18(12-38)14-43(29-16(4)7-8-39-27(29)15(2)3)32-19(30)11-20(33)28(40-32)22-23(34)31(45)26(37)24(35)25(22)36/h6-8,11,15,17,45H,1,9-10,13-14H2,2-5H3/t17-/m1/s1. The number of aryl methyl sites for hydroxylation is 1. The largest absolute Gasteiger partial charge is 0.504 e. The molecule has 4 heterocycles. The number of aromatic nitrogens is 2. The maximum absolute atomic E-state index is 15.5. The van der Waals surface area contributed by atoms with Crippen molar-refractivity contribution in [2.75, 3.05) is 31.1 Å². The quantitative estimate of drug-likeness (QED) is 0.169. The number of benzene rings is 1. The summed E-state index contributed by atoms with van der Waals surface area (Å²) in [6.45, 7) is 12.7. The van der Waals surface area contributed by atoms with E-state index >= 15 is 4.39 Å². The van der Waals surface area contributed by atoms with Gasteiger partial charge in [-0.3, -0.25) is 9.78 Å². The molecule has 0 saturated carbocycles. The first-order valence-electron chi connectivity index (χ1n) is 14.1. The van der Waals surface area contributed by atoms with Crippen molar-refractivity contribution in [3.63, 3.8) is 0 Å². The Bertz CT molecular complexity index is 1790. The summed E-state index contributed by atoms with van der Waals surface area (Å²) in [6.07, 6.45) is 2.98. The van der Waals surface area contributed by atoms with Crippen LogP contribution in [0, 0.1) is 29.9 Å². The number of nitriles is 1. The fourth-order valence-corrected chi connectivity index (χ4v) is 6.60. The number of aromatic hydroxyl groups is 1. The van der Waals surface area contributed by atoms with Crippen LogP contribution in [0.3, 0.4) is 0 Å². The van der Waals surface area contributed by atoms with Crippen molar-refractivity contribution >= 4 is 57.9 Å². The van der Waals surface area contributed by atoms with Gasteiger partial charge in [-0.2, -0.15) is 5.26 Å². The van der Waals surface area contributed by atoms with Crippen LogP contribution in [0.4, 0.5) is 20.3 Å². The van der Waals surface area contributed by atoms with Crippen molar-refractivity contribution in [1.29, 1.82) is 5.26 Å². The highest BCUT2D eigenvalue weighted by atomic mass is 35.5. The number of hydrogen-bond acceptors (Lipinski definition) is 7. The van der Waals surface area contributed by atoms with Crippen molar-refractivity contribution in [1.82, 2.24) is 19.8 Å². The second kappa shape index (κ2) is 12.5. The summed E-state index contributed by atoms with van der Waals surface area (Å²) >= 11 is 18.9. The van der Waals surface area contributed by atoms with Gasteiger partial charge >= 0.3 is 0 Å². The van der Waals surface area contributed by atoms with E-state index < -0.39 is 33.0 Å². The number of amides is 1. The molecule has 2 aliphatic heterocycles. The SMILES string of the molecule is C=CC(=O)N1CCN(C2=C(C#N)CN(c3c(C)ccnc3C(C)C)c3nc(-c4c(F)c(Cl)c(F)c(O)c4Cl)c(Cl)cc32)C[C@H]1C. The number of anilines is 2. The van der Waals surface area contributed by atoms with Gasteiger partial charge in [0.05, 0.1) is 56.6 Å². The van der Waals surface area contributed by atoms with Gasteiger partial charge in [-0.25, -0.2) is 13.8 Å². The minimum Gasteiger partial charge on any atom is -0.504 e. The van der Waals surface area contributed by atoms with Crippen LogP contribution in [0.2, 0.25) is 15.1 Å². The van der Waals surface area contributed by atoms with Gasteiger partial charge in [-0.15, -0.1) is 0 Å². The molecule has 1 N–H and O–H groups in total. The molecule has 13 heteroatoms. The van der Waals surface area contributed by atoms with Crippen molar-refractivity contribution in [3.8, 4) is 23.1 Å². The fourth-order valence-electron chi connectivity index (χ4n) is 5.92. The number of fused-ring (bicyclic) bond motifs is 1. The molecular weight excluding hydrogens is 645 g/mol. The molecule has 45 heavy (non-hydrogen) atoms. The van der Waals surface area contributed by atoms with E-state index in [0.29, 0.717) is 48.0 Å². The van der Waals surface area contributed by atoms with Gasteiger partial charge in [0.15, 0.2) is 17.4 Å². The first-order valence-corrected chi connectivity index (χ1v) is 15.3. The predicted molar refractivity (Wildman–Crippen MR) is 172 cm³/mol. The van der Waals surface area contributed by atoms with E-state index in [9.17, 15) is 19.6 Å². The van der Waals surface area contributed by atoms with Crippen LogP contribution >= 0.6 is 34.8 Å². The Hall–Kier alpha value is -3.91. The highest BCUT2D eigenvalue weighted by molar-refractivity contribution is 6.38. The van der Waals surface area contributed by atoms with Crippen LogP contribution < -0.4 is 4.90 Å². The third kappa shape index (κ3) is 5.47. The number of carbonyl (C=O) groups is 1. The van der Waals surface area contributed by atoms with Gasteiger partial charge < -0.3 is 19.8 Å². The zero-order valence-corrected chi connectivity index (χ0v) is 27.2. The molecule has 0 radical (unpaired) electrons. The third-order valence-electron chi connectivity index (χ3n) is 8.05. The number of halogens is 5. The molecule has 0 spiro atoms. The molecule has 1 atom stereocenters. The zero-order valence-electron chi connectivity index (χ0n) is 24.9. The lowest BCUT2D eigenvalue weighted by Crippen LogP contribution is -2.53. The van der Waals surface area contributed by atoms with Crippen LogP contribution in [-0.4, -0.2) is 63.0 Å². The number of phenols is 1. The molecule has 5 rings (SSSR count). The highest BCUT2D eigenvalue weighted by Gasteiger charge is 2.37. The predicted octanol–water partition coefficient (Wildman–Crippen LogP) is 7.62. The van der Waals surface area contributed by atoms with Crippen molar-refractivity contribution < 1.29 is 18.7 Å². The summed E-state index contributed by atoms with van der Waals surface area (Å²) in [5.74, 6) is -3.56. The van der Waals surface area contributed by atoms with Gasteiger partial charge in [0.1, 0.15) is 10.8 Å². The van der Waals surface area contributed by atoms with Crippen LogP contribution in [0.5, 0.6) is 5.75 Å². The summed E-state index contributed by atoms with van der Waals surface area (Å²) in [5, 5.41) is 19.1. The molecule has 1 aromatic carbocycles. The van der Waals surface area contributed by atoms with Crippen LogP contribution in [0.25, 0.3) is 17.0 Å². The van der Waals surface area contributed by atoms with E-state index in [1.54, 1.807) is 17.2 Å². The number of hydrogen-bond donors (Lipinski definition) is 1. The number of nitrogens with zero attached hydrogens (tertiary/aromatic N) is 6. The second-order valence-corrected chi connectivity index (χ2v) is 12.4. The first-order chi connectivity index (χ1) is 21.3. The minimum absolute atomic E-state index is 0.0119. The Morgan fingerprint density at radius 2 is 1.93 bits per heavy atom. The van der Waals surface area contributed by atoms with Gasteiger partial charge in [0, 0.05) is 37.4 Å². The minimum atomic E-state index is -1.40. The van der Waals surface area contributed by atoms with E-state index in [2.05, 4.69) is 17.6 Å². The molecule has 3 aromatic rings. The van der Waals surface area contributed by atoms with E-state index in [1.807, 2.05) is 43.6 Å². The molecule has 0 aliphatic carbocycles. The lowest BCUT2D eigenvalue weighted by Gasteiger charge is -2.44. The Morgan fingerprint density at radius 1 is 1.22 bits per heavy atom. The van der Waals surface area contributed by atoms with Crippen molar-refractivity contribution in [3.05, 3.63) is 80.1 Å². The Kier molecular flexibility index (Phi) is 9.00. The average molecular weight is 674 g/mol. The summed E-state index contributed by atoms with van der Waals surface area (Å²) in [7, 11) is 0. The van der Waals surface area contributed by atoms with E-state index in [1.165, 1.54) is 6.08 Å². The van der Waals surface area contributed by atoms with Gasteiger partial charge in [0.2, 0.25) is 5.91 Å². The maximum Gasteiger partial charge on any atom is 0.246 e. The fraction of sp³-hybridized carbons (Fsp3) is 0.312. The number of rotatable bonds is 5. The summed E-state index contributed by atoms with van der Waals surface area (Å²) in [5.41, 5.74) is 3.14. The van der Waals surface area contributed by atoms with E-state index in [0.717, 1.165) is 11.3 Å². The molecule has 8 nitrogen and oxygen atoms in total. The average Bonchev–Trinajstić information content (AvgIpc) is 3.01. The van der Waals surface area contributed by atoms with E-state index in [4.69, 9.17) is 39.8 Å². The van der Waals surface area contributed by atoms with Crippen LogP contribution in [0.1, 0.15) is 43.5 Å². The number of pyridine rings is 2. The molecule has 1 fully saturated rings. The van der Waals surface area contributed by atoms with Gasteiger partial charge in [0.25, 0.3) is 0 Å². The Morgan fingerprint density at radius 3 is 2.56 bits per heavy atom. The Labute approximate surface area is 274 Å². The van der Waals surface area contributed by atoms with E-state index in [-0.39, 0.29) is 35.1 Å². The van der Waals surface area contributed by atoms with Crippen molar-refractivity contribution in [2.24, 2.45) is 0 Å². The topological polar surface area (TPSA) is 96.6 Å². The summed E-state index contributed by atoms with van der Waals surface area (Å²) < 4.78 is 29.9. The summed E-state index contributed by atoms with van der Waals surface area (Å²) in [6, 6.07) is 5.55.